The number of hydroxylamine groups is 2. The normalized spacial score (nSPS) is 29.5. The SMILES string of the molecule is CCC1CCNC(CN(C)OC)C1. The van der Waals surface area contributed by atoms with Crippen LogP contribution in [0.4, 0.5) is 0 Å². The molecule has 0 bridgehead atoms. The summed E-state index contributed by atoms with van der Waals surface area (Å²) in [5.41, 5.74) is 0. The van der Waals surface area contributed by atoms with Crippen molar-refractivity contribution >= 4 is 0 Å². The van der Waals surface area contributed by atoms with Gasteiger partial charge in [-0.15, -0.1) is 0 Å². The third kappa shape index (κ3) is 3.63. The summed E-state index contributed by atoms with van der Waals surface area (Å²) in [5, 5.41) is 5.43. The predicted molar refractivity (Wildman–Crippen MR) is 54.4 cm³/mol. The molecule has 0 aromatic heterocycles. The zero-order valence-corrected chi connectivity index (χ0v) is 9.05. The van der Waals surface area contributed by atoms with E-state index in [0.717, 1.165) is 12.5 Å². The number of rotatable bonds is 4. The molecule has 78 valence electrons. The van der Waals surface area contributed by atoms with Gasteiger partial charge in [-0.25, -0.2) is 0 Å². The zero-order chi connectivity index (χ0) is 9.68. The molecule has 3 heteroatoms. The molecule has 3 nitrogen and oxygen atoms in total. The Balaban J connectivity index is 2.25. The van der Waals surface area contributed by atoms with Gasteiger partial charge in [0.15, 0.2) is 0 Å². The summed E-state index contributed by atoms with van der Waals surface area (Å²) in [6.45, 7) is 4.45. The van der Waals surface area contributed by atoms with Gasteiger partial charge in [-0.3, -0.25) is 0 Å². The van der Waals surface area contributed by atoms with Gasteiger partial charge in [0, 0.05) is 19.6 Å². The number of piperidine rings is 1. The van der Waals surface area contributed by atoms with Crippen LogP contribution >= 0.6 is 0 Å². The maximum Gasteiger partial charge on any atom is 0.0575 e. The number of hydrogen-bond donors (Lipinski definition) is 1. The van der Waals surface area contributed by atoms with Gasteiger partial charge >= 0.3 is 0 Å². The molecule has 2 unspecified atom stereocenters. The highest BCUT2D eigenvalue weighted by Crippen LogP contribution is 2.19. The molecule has 0 amide bonds. The lowest BCUT2D eigenvalue weighted by atomic mass is 9.90. The van der Waals surface area contributed by atoms with Crippen LogP contribution in [-0.2, 0) is 4.84 Å². The fourth-order valence-electron chi connectivity index (χ4n) is 1.99. The molecule has 0 aromatic carbocycles. The number of nitrogens with zero attached hydrogens (tertiary/aromatic N) is 1. The van der Waals surface area contributed by atoms with Crippen LogP contribution < -0.4 is 5.32 Å². The largest absolute Gasteiger partial charge is 0.313 e. The molecule has 2 atom stereocenters. The van der Waals surface area contributed by atoms with E-state index in [1.807, 2.05) is 12.1 Å². The summed E-state index contributed by atoms with van der Waals surface area (Å²) < 4.78 is 0. The predicted octanol–water partition coefficient (Wildman–Crippen LogP) is 1.26. The van der Waals surface area contributed by atoms with E-state index in [4.69, 9.17) is 4.84 Å². The Bertz CT molecular complexity index is 139. The van der Waals surface area contributed by atoms with Crippen LogP contribution in [0.25, 0.3) is 0 Å². The molecular weight excluding hydrogens is 164 g/mol. The molecule has 0 spiro atoms. The molecule has 1 N–H and O–H groups in total. The van der Waals surface area contributed by atoms with E-state index >= 15 is 0 Å². The Kier molecular flexibility index (Phi) is 4.70. The van der Waals surface area contributed by atoms with Crippen LogP contribution in [-0.4, -0.2) is 38.4 Å². The molecule has 0 aliphatic carbocycles. The molecule has 1 saturated heterocycles. The van der Waals surface area contributed by atoms with Crippen molar-refractivity contribution in [3.05, 3.63) is 0 Å². The van der Waals surface area contributed by atoms with E-state index < -0.39 is 0 Å². The van der Waals surface area contributed by atoms with Crippen LogP contribution in [0.1, 0.15) is 26.2 Å². The highest BCUT2D eigenvalue weighted by molar-refractivity contribution is 4.78. The van der Waals surface area contributed by atoms with Gasteiger partial charge in [0.25, 0.3) is 0 Å². The fourth-order valence-corrected chi connectivity index (χ4v) is 1.99. The lowest BCUT2D eigenvalue weighted by Crippen LogP contribution is -2.44. The minimum absolute atomic E-state index is 0.614. The summed E-state index contributed by atoms with van der Waals surface area (Å²) in [6, 6.07) is 0.614. The number of likely N-dealkylation sites (N-methyl/N-ethyl adjacent to an activating group) is 1. The van der Waals surface area contributed by atoms with Crippen molar-refractivity contribution in [1.82, 2.24) is 10.4 Å². The molecule has 13 heavy (non-hydrogen) atoms. The highest BCUT2D eigenvalue weighted by Gasteiger charge is 2.20. The van der Waals surface area contributed by atoms with Crippen LogP contribution in [0.3, 0.4) is 0 Å². The average Bonchev–Trinajstić information content (AvgIpc) is 2.18. The molecule has 0 radical (unpaired) electrons. The topological polar surface area (TPSA) is 24.5 Å². The second kappa shape index (κ2) is 5.58. The van der Waals surface area contributed by atoms with Gasteiger partial charge < -0.3 is 10.2 Å². The summed E-state index contributed by atoms with van der Waals surface area (Å²) in [4.78, 5) is 5.12. The molecule has 0 aromatic rings. The van der Waals surface area contributed by atoms with E-state index in [2.05, 4.69) is 12.2 Å². The van der Waals surface area contributed by atoms with E-state index in [0.29, 0.717) is 6.04 Å². The Morgan fingerprint density at radius 1 is 1.54 bits per heavy atom. The quantitative estimate of drug-likeness (QED) is 0.669. The third-order valence-electron chi connectivity index (χ3n) is 2.97. The van der Waals surface area contributed by atoms with E-state index in [1.165, 1.54) is 25.8 Å². The Morgan fingerprint density at radius 2 is 2.31 bits per heavy atom. The first-order valence-corrected chi connectivity index (χ1v) is 5.24. The van der Waals surface area contributed by atoms with Crippen molar-refractivity contribution in [3.63, 3.8) is 0 Å². The second-order valence-electron chi connectivity index (χ2n) is 3.94. The van der Waals surface area contributed by atoms with Crippen LogP contribution in [0.2, 0.25) is 0 Å². The van der Waals surface area contributed by atoms with Crippen molar-refractivity contribution in [2.75, 3.05) is 27.2 Å². The molecule has 1 aliphatic rings. The number of nitrogens with one attached hydrogen (secondary N) is 1. The lowest BCUT2D eigenvalue weighted by molar-refractivity contribution is -0.115. The maximum absolute atomic E-state index is 5.12. The summed E-state index contributed by atoms with van der Waals surface area (Å²) in [5.74, 6) is 0.913. The Labute approximate surface area is 81.4 Å². The average molecular weight is 186 g/mol. The van der Waals surface area contributed by atoms with Gasteiger partial charge in [-0.05, 0) is 25.3 Å². The van der Waals surface area contributed by atoms with E-state index in [1.54, 1.807) is 7.11 Å². The molecule has 1 heterocycles. The Hall–Kier alpha value is -0.120. The lowest BCUT2D eigenvalue weighted by Gasteiger charge is -2.31. The fraction of sp³-hybridized carbons (Fsp3) is 1.00. The highest BCUT2D eigenvalue weighted by atomic mass is 16.7. The van der Waals surface area contributed by atoms with Crippen molar-refractivity contribution in [2.24, 2.45) is 5.92 Å². The minimum Gasteiger partial charge on any atom is -0.313 e. The summed E-state index contributed by atoms with van der Waals surface area (Å²) in [6.07, 6.45) is 3.95. The maximum atomic E-state index is 5.12. The Morgan fingerprint density at radius 3 is 2.92 bits per heavy atom. The standard InChI is InChI=1S/C10H22N2O/c1-4-9-5-6-11-10(7-9)8-12(2)13-3/h9-11H,4-8H2,1-3H3. The van der Waals surface area contributed by atoms with Gasteiger partial charge in [-0.1, -0.05) is 13.3 Å². The monoisotopic (exact) mass is 186 g/mol. The first kappa shape index (κ1) is 11.0. The van der Waals surface area contributed by atoms with E-state index in [-0.39, 0.29) is 0 Å². The van der Waals surface area contributed by atoms with Crippen LogP contribution in [0.5, 0.6) is 0 Å². The molecule has 1 fully saturated rings. The van der Waals surface area contributed by atoms with Crippen LogP contribution in [0.15, 0.2) is 0 Å². The summed E-state index contributed by atoms with van der Waals surface area (Å²) >= 11 is 0. The third-order valence-corrected chi connectivity index (χ3v) is 2.97. The molecular formula is C10H22N2O. The van der Waals surface area contributed by atoms with Gasteiger partial charge in [0.1, 0.15) is 0 Å². The number of hydrogen-bond acceptors (Lipinski definition) is 3. The molecule has 1 rings (SSSR count). The van der Waals surface area contributed by atoms with Crippen molar-refractivity contribution in [3.8, 4) is 0 Å². The zero-order valence-electron chi connectivity index (χ0n) is 9.05. The van der Waals surface area contributed by atoms with Crippen LogP contribution in [0, 0.1) is 5.92 Å². The molecule has 0 saturated carbocycles. The second-order valence-corrected chi connectivity index (χ2v) is 3.94. The first-order valence-electron chi connectivity index (χ1n) is 5.24. The van der Waals surface area contributed by atoms with Gasteiger partial charge in [-0.2, -0.15) is 5.06 Å². The van der Waals surface area contributed by atoms with Gasteiger partial charge in [0.2, 0.25) is 0 Å². The molecule has 1 aliphatic heterocycles. The van der Waals surface area contributed by atoms with Crippen molar-refractivity contribution < 1.29 is 4.84 Å². The summed E-state index contributed by atoms with van der Waals surface area (Å²) in [7, 11) is 3.71. The van der Waals surface area contributed by atoms with Crippen molar-refractivity contribution in [1.29, 1.82) is 0 Å². The van der Waals surface area contributed by atoms with E-state index in [9.17, 15) is 0 Å². The first-order chi connectivity index (χ1) is 6.26. The van der Waals surface area contributed by atoms with Gasteiger partial charge in [0.05, 0.1) is 7.11 Å². The minimum atomic E-state index is 0.614. The van der Waals surface area contributed by atoms with Crippen molar-refractivity contribution in [2.45, 2.75) is 32.2 Å². The smallest absolute Gasteiger partial charge is 0.0575 e.